The maximum atomic E-state index is 13.1. The van der Waals surface area contributed by atoms with E-state index in [4.69, 9.17) is 4.84 Å². The topological polar surface area (TPSA) is 328 Å². The Morgan fingerprint density at radius 2 is 1.25 bits per heavy atom. The van der Waals surface area contributed by atoms with Crippen molar-refractivity contribution in [3.05, 3.63) is 50.6 Å². The van der Waals surface area contributed by atoms with Gasteiger partial charge in [-0.3, -0.25) is 39.4 Å². The van der Waals surface area contributed by atoms with Crippen molar-refractivity contribution in [2.75, 3.05) is 37.2 Å². The van der Waals surface area contributed by atoms with Gasteiger partial charge >= 0.3 is 12.0 Å². The number of nitrogens with zero attached hydrogens (tertiary/aromatic N) is 3. The van der Waals surface area contributed by atoms with E-state index < -0.39 is 39.5 Å². The number of fused-ring (bicyclic) bond motifs is 1. The second-order valence-corrected chi connectivity index (χ2v) is 18.1. The molecule has 2 aliphatic rings. The first kappa shape index (κ1) is 54.3. The van der Waals surface area contributed by atoms with Gasteiger partial charge in [0.25, 0.3) is 11.4 Å². The molecule has 1 aromatic carbocycles. The zero-order valence-electron chi connectivity index (χ0n) is 38.3. The molecule has 24 heteroatoms. The van der Waals surface area contributed by atoms with Crippen molar-refractivity contribution < 1.29 is 53.7 Å². The summed E-state index contributed by atoms with van der Waals surface area (Å²) in [7, 11) is 0. The molecule has 3 heterocycles. The van der Waals surface area contributed by atoms with Gasteiger partial charge in [-0.1, -0.05) is 25.7 Å². The van der Waals surface area contributed by atoms with Crippen LogP contribution in [0.25, 0.3) is 0 Å². The van der Waals surface area contributed by atoms with E-state index in [0.29, 0.717) is 113 Å². The van der Waals surface area contributed by atoms with Crippen molar-refractivity contribution >= 4 is 64.5 Å². The van der Waals surface area contributed by atoms with Gasteiger partial charge in [0.05, 0.1) is 28.0 Å². The van der Waals surface area contributed by atoms with E-state index in [1.807, 2.05) is 11.8 Å². The summed E-state index contributed by atoms with van der Waals surface area (Å²) in [5.41, 5.74) is -0.577. The van der Waals surface area contributed by atoms with Crippen molar-refractivity contribution in [1.29, 1.82) is 0 Å². The number of hydrogen-bond acceptors (Lipinski definition) is 15. The quantitative estimate of drug-likeness (QED) is 0.0205. The summed E-state index contributed by atoms with van der Waals surface area (Å²) in [6.45, 7) is 1.69. The lowest BCUT2D eigenvalue weighted by molar-refractivity contribution is -0.393. The second-order valence-electron chi connectivity index (χ2n) is 16.9. The summed E-state index contributed by atoms with van der Waals surface area (Å²) < 4.78 is 0.547. The number of anilines is 1. The first-order chi connectivity index (χ1) is 32.7. The number of benzene rings is 1. The van der Waals surface area contributed by atoms with Crippen LogP contribution in [0.15, 0.2) is 30.3 Å². The van der Waals surface area contributed by atoms with Gasteiger partial charge in [0, 0.05) is 81.1 Å². The molecule has 2 aliphatic heterocycles. The number of carbonyl (C=O) groups is 6. The van der Waals surface area contributed by atoms with E-state index in [-0.39, 0.29) is 65.7 Å². The fraction of sp³-hybridized carbons (Fsp3) is 0.636. The van der Waals surface area contributed by atoms with E-state index in [1.165, 1.54) is 12.1 Å². The zero-order chi connectivity index (χ0) is 49.3. The van der Waals surface area contributed by atoms with Crippen molar-refractivity contribution in [1.82, 2.24) is 36.6 Å². The third-order valence-electron chi connectivity index (χ3n) is 11.5. The van der Waals surface area contributed by atoms with Crippen LogP contribution in [0.3, 0.4) is 0 Å². The number of aromatic hydroxyl groups is 2. The summed E-state index contributed by atoms with van der Waals surface area (Å²) in [5.74, 6) is -1.64. The molecule has 68 heavy (non-hydrogen) atoms. The number of non-ortho nitro benzene ring substituents is 1. The van der Waals surface area contributed by atoms with Crippen LogP contribution in [0.4, 0.5) is 21.9 Å². The van der Waals surface area contributed by atoms with Crippen LogP contribution in [0.2, 0.25) is 0 Å². The number of urea groups is 1. The minimum Gasteiger partial charge on any atom is -0.492 e. The largest absolute Gasteiger partial charge is 0.492 e. The Balaban J connectivity index is 1.01. The molecule has 0 aliphatic carbocycles. The molecule has 6 amide bonds. The lowest BCUT2D eigenvalue weighted by Gasteiger charge is -2.18. The number of amides is 6. The Bertz CT molecular complexity index is 2000. The Morgan fingerprint density at radius 1 is 0.706 bits per heavy atom. The summed E-state index contributed by atoms with van der Waals surface area (Å²) in [6.07, 6.45) is 10.8. The number of nitrogens with one attached hydrogen (secondary N) is 7. The fourth-order valence-electron chi connectivity index (χ4n) is 7.78. The Morgan fingerprint density at radius 3 is 1.82 bits per heavy atom. The van der Waals surface area contributed by atoms with Crippen molar-refractivity contribution in [3.63, 3.8) is 0 Å². The second kappa shape index (κ2) is 29.4. The van der Waals surface area contributed by atoms with Crippen LogP contribution >= 0.6 is 11.8 Å². The first-order valence-electron chi connectivity index (χ1n) is 23.5. The molecule has 2 fully saturated rings. The Kier molecular flexibility index (Phi) is 23.5. The van der Waals surface area contributed by atoms with Gasteiger partial charge in [-0.2, -0.15) is 11.8 Å². The lowest BCUT2D eigenvalue weighted by Crippen LogP contribution is -2.44. The summed E-state index contributed by atoms with van der Waals surface area (Å²) in [6, 6.07) is 4.84. The minimum atomic E-state index is -1.10. The molecule has 2 aromatic rings. The molecule has 2 saturated heterocycles. The Labute approximate surface area is 398 Å². The summed E-state index contributed by atoms with van der Waals surface area (Å²) in [4.78, 5) is 100. The first-order valence-corrected chi connectivity index (χ1v) is 24.5. The molecule has 0 radical (unpaired) electrons. The van der Waals surface area contributed by atoms with E-state index in [9.17, 15) is 59.2 Å². The van der Waals surface area contributed by atoms with E-state index in [1.54, 1.807) is 0 Å². The van der Waals surface area contributed by atoms with Gasteiger partial charge in [-0.05, 0) is 76.7 Å². The van der Waals surface area contributed by atoms with Gasteiger partial charge < -0.3 is 52.3 Å². The maximum Gasteiger partial charge on any atom is 0.355 e. The van der Waals surface area contributed by atoms with Crippen LogP contribution < -0.4 is 42.1 Å². The molecular weight excluding hydrogens is 909 g/mol. The lowest BCUT2D eigenvalue weighted by atomic mass is 10.0. The highest BCUT2D eigenvalue weighted by Crippen LogP contribution is 2.33. The highest BCUT2D eigenvalue weighted by molar-refractivity contribution is 8.00. The van der Waals surface area contributed by atoms with Crippen LogP contribution in [0.5, 0.6) is 11.8 Å². The van der Waals surface area contributed by atoms with Crippen molar-refractivity contribution in [2.24, 2.45) is 0 Å². The van der Waals surface area contributed by atoms with Crippen LogP contribution in [0.1, 0.15) is 122 Å². The monoisotopic (exact) mass is 974 g/mol. The molecule has 0 spiro atoms. The smallest absolute Gasteiger partial charge is 0.355 e. The van der Waals surface area contributed by atoms with E-state index in [0.717, 1.165) is 56.1 Å². The van der Waals surface area contributed by atoms with Gasteiger partial charge in [-0.15, -0.1) is 4.73 Å². The Hall–Kier alpha value is -6.33. The maximum absolute atomic E-state index is 13.1. The summed E-state index contributed by atoms with van der Waals surface area (Å²) in [5, 5.41) is 62.6. The molecule has 23 nitrogen and oxygen atoms in total. The van der Waals surface area contributed by atoms with E-state index >= 15 is 0 Å². The van der Waals surface area contributed by atoms with Gasteiger partial charge in [0.15, 0.2) is 0 Å². The van der Waals surface area contributed by atoms with Gasteiger partial charge in [-0.25, -0.2) is 9.59 Å². The fourth-order valence-corrected chi connectivity index (χ4v) is 9.32. The molecule has 1 aromatic heterocycles. The molecule has 376 valence electrons. The average molecular weight is 975 g/mol. The predicted octanol–water partition coefficient (Wildman–Crippen LogP) is 4.19. The number of aromatic nitrogens is 1. The highest BCUT2D eigenvalue weighted by Gasteiger charge is 2.42. The third kappa shape index (κ3) is 19.5. The number of hydrogen-bond donors (Lipinski definition) is 9. The normalized spacial score (nSPS) is 16.4. The molecule has 9 N–H and O–H groups in total. The SMILES string of the molecule is O=C(CCCCCNc1ccc([N+](=O)[O-])cc1[N+](=O)[O-])NCCCCCC(=O)NC(CCCCNC(=O)CCCCCNC(=O)CCCCC1SC[C@@H]2NC(=O)N[C@H]12)C(=O)On1c(O)ccc1O. The van der Waals surface area contributed by atoms with Crippen LogP contribution in [-0.4, -0.2) is 116 Å². The van der Waals surface area contributed by atoms with Crippen molar-refractivity contribution in [3.8, 4) is 11.8 Å². The van der Waals surface area contributed by atoms with Crippen molar-refractivity contribution in [2.45, 2.75) is 145 Å². The minimum absolute atomic E-state index is 0.0148. The molecule has 4 rings (SSSR count). The third-order valence-corrected chi connectivity index (χ3v) is 13.0. The number of rotatable bonds is 34. The van der Waals surface area contributed by atoms with Gasteiger partial charge in [0.2, 0.25) is 35.4 Å². The standard InChI is InChI=1S/C44H66N10O13S/c55-36(16-4-1-10-24-45-31-21-20-30(53(63)64)28-34(31)54(65)66)46-26-12-3-6-19-39(58)49-32(43(61)67-52-40(59)22-23-41(52)60)14-9-13-27-48-37(56)17-5-2-11-25-47-38(57)18-8-7-15-35-42-33(29-68-35)50-44(62)51-42/h20-23,28,32-33,35,42,45,59-60H,1-19,24-27,29H2,(H,46,55)(H,47,57)(H,48,56)(H,49,58)(H2,50,51,62)/t32?,33-,35?,42-/m0/s1. The molecule has 0 bridgehead atoms. The molecular formula is C44H66N10O13S. The number of thioether (sulfide) groups is 1. The number of nitro groups is 2. The molecule has 4 atom stereocenters. The summed E-state index contributed by atoms with van der Waals surface area (Å²) >= 11 is 1.87. The average Bonchev–Trinajstić information content (AvgIpc) is 3.97. The zero-order valence-corrected chi connectivity index (χ0v) is 39.1. The number of unbranched alkanes of at least 4 members (excludes halogenated alkanes) is 8. The van der Waals surface area contributed by atoms with Crippen LogP contribution in [-0.2, 0) is 24.0 Å². The number of nitro benzene ring substituents is 2. The number of carbonyl (C=O) groups excluding carboxylic acids is 6. The van der Waals surface area contributed by atoms with Crippen LogP contribution in [0, 0.1) is 20.2 Å². The highest BCUT2D eigenvalue weighted by atomic mass is 32.2. The van der Waals surface area contributed by atoms with Gasteiger partial charge in [0.1, 0.15) is 11.7 Å². The molecule has 2 unspecified atom stereocenters. The molecule has 0 saturated carbocycles. The predicted molar refractivity (Wildman–Crippen MR) is 252 cm³/mol. The van der Waals surface area contributed by atoms with E-state index in [2.05, 4.69) is 37.2 Å².